The van der Waals surface area contributed by atoms with Crippen molar-refractivity contribution >= 4 is 39.2 Å². The van der Waals surface area contributed by atoms with Crippen molar-refractivity contribution in [3.05, 3.63) is 46.8 Å². The van der Waals surface area contributed by atoms with Crippen LogP contribution in [-0.4, -0.2) is 23.5 Å². The van der Waals surface area contributed by atoms with Crippen molar-refractivity contribution in [2.75, 3.05) is 13.0 Å². The fourth-order valence-corrected chi connectivity index (χ4v) is 4.32. The molecule has 4 rings (SSSR count). The standard InChI is InChI=1S/C20H16N2O3S2/c1-3-8-22-15-10-16-17(25-12-24-16)11-18(15)27-20(22)21-19(23)9-13-4-6-14(26-2)7-5-13/h1,4-7,10-11H,8-9,12H2,2H3. The fraction of sp³-hybridized carbons (Fsp3) is 0.200. The highest BCUT2D eigenvalue weighted by Gasteiger charge is 2.17. The molecule has 1 amide bonds. The first kappa shape index (κ1) is 17.7. The van der Waals surface area contributed by atoms with E-state index in [1.165, 1.54) is 11.3 Å². The van der Waals surface area contributed by atoms with E-state index in [9.17, 15) is 4.79 Å². The monoisotopic (exact) mass is 396 g/mol. The van der Waals surface area contributed by atoms with Crippen molar-refractivity contribution in [2.24, 2.45) is 4.99 Å². The first-order chi connectivity index (χ1) is 13.2. The Morgan fingerprint density at radius 3 is 2.74 bits per heavy atom. The van der Waals surface area contributed by atoms with Crippen LogP contribution in [0.1, 0.15) is 5.56 Å². The van der Waals surface area contributed by atoms with E-state index < -0.39 is 0 Å². The maximum Gasteiger partial charge on any atom is 0.252 e. The maximum atomic E-state index is 12.5. The number of thioether (sulfide) groups is 1. The highest BCUT2D eigenvalue weighted by atomic mass is 32.2. The summed E-state index contributed by atoms with van der Waals surface area (Å²) in [7, 11) is 0. The van der Waals surface area contributed by atoms with E-state index in [0.717, 1.165) is 20.7 Å². The molecule has 0 spiro atoms. The molecule has 0 aliphatic carbocycles. The molecular weight excluding hydrogens is 380 g/mol. The quantitative estimate of drug-likeness (QED) is 0.501. The molecular formula is C20H16N2O3S2. The van der Waals surface area contributed by atoms with Crippen LogP contribution in [0.4, 0.5) is 0 Å². The van der Waals surface area contributed by atoms with E-state index in [2.05, 4.69) is 10.9 Å². The molecule has 0 saturated carbocycles. The minimum absolute atomic E-state index is 0.204. The summed E-state index contributed by atoms with van der Waals surface area (Å²) in [4.78, 5) is 18.6. The van der Waals surface area contributed by atoms with Gasteiger partial charge in [0.2, 0.25) is 6.79 Å². The third-order valence-electron chi connectivity index (χ3n) is 4.16. The lowest BCUT2D eigenvalue weighted by molar-refractivity contribution is -0.117. The number of hydrogen-bond donors (Lipinski definition) is 0. The van der Waals surface area contributed by atoms with Crippen LogP contribution < -0.4 is 14.3 Å². The number of nitrogens with zero attached hydrogens (tertiary/aromatic N) is 2. The summed E-state index contributed by atoms with van der Waals surface area (Å²) in [6.45, 7) is 0.543. The zero-order chi connectivity index (χ0) is 18.8. The Bertz CT molecular complexity index is 1120. The Kier molecular flexibility index (Phi) is 4.92. The highest BCUT2D eigenvalue weighted by Crippen LogP contribution is 2.36. The summed E-state index contributed by atoms with van der Waals surface area (Å²) in [6.07, 6.45) is 7.80. The Labute approximate surface area is 164 Å². The lowest BCUT2D eigenvalue weighted by atomic mass is 10.1. The van der Waals surface area contributed by atoms with Gasteiger partial charge in [-0.1, -0.05) is 29.4 Å². The minimum atomic E-state index is -0.204. The molecule has 0 fully saturated rings. The topological polar surface area (TPSA) is 52.8 Å². The van der Waals surface area contributed by atoms with Crippen molar-refractivity contribution in [3.8, 4) is 23.8 Å². The Balaban J connectivity index is 1.69. The van der Waals surface area contributed by atoms with Crippen LogP contribution in [0.25, 0.3) is 10.2 Å². The molecule has 2 heterocycles. The highest BCUT2D eigenvalue weighted by molar-refractivity contribution is 7.98. The van der Waals surface area contributed by atoms with Gasteiger partial charge in [0, 0.05) is 17.0 Å². The summed E-state index contributed by atoms with van der Waals surface area (Å²) in [6, 6.07) is 11.7. The number of amides is 1. The molecule has 0 saturated heterocycles. The van der Waals surface area contributed by atoms with Crippen LogP contribution in [0, 0.1) is 12.3 Å². The number of aromatic nitrogens is 1. The molecule has 3 aromatic rings. The third kappa shape index (κ3) is 3.59. The maximum absolute atomic E-state index is 12.5. The Morgan fingerprint density at radius 2 is 2.04 bits per heavy atom. The summed E-state index contributed by atoms with van der Waals surface area (Å²) >= 11 is 3.08. The predicted molar refractivity (Wildman–Crippen MR) is 107 cm³/mol. The molecule has 1 aromatic heterocycles. The number of hydrogen-bond acceptors (Lipinski definition) is 5. The van der Waals surface area contributed by atoms with Gasteiger partial charge in [0.05, 0.1) is 23.2 Å². The molecule has 1 aliphatic heterocycles. The van der Waals surface area contributed by atoms with Crippen LogP contribution in [0.3, 0.4) is 0 Å². The van der Waals surface area contributed by atoms with Gasteiger partial charge in [-0.2, -0.15) is 4.99 Å². The summed E-state index contributed by atoms with van der Waals surface area (Å²) in [5, 5.41) is 0. The number of thiazole rings is 1. The smallest absolute Gasteiger partial charge is 0.252 e. The molecule has 5 nitrogen and oxygen atoms in total. The number of ether oxygens (including phenoxy) is 2. The fourth-order valence-electron chi connectivity index (χ4n) is 2.85. The molecule has 136 valence electrons. The molecule has 0 atom stereocenters. The molecule has 1 aliphatic rings. The lowest BCUT2D eigenvalue weighted by Gasteiger charge is -2.02. The van der Waals surface area contributed by atoms with E-state index in [0.29, 0.717) is 22.8 Å². The van der Waals surface area contributed by atoms with Gasteiger partial charge in [0.25, 0.3) is 5.91 Å². The predicted octanol–water partition coefficient (Wildman–Crippen LogP) is 3.46. The minimum Gasteiger partial charge on any atom is -0.454 e. The van der Waals surface area contributed by atoms with E-state index in [1.54, 1.807) is 11.8 Å². The van der Waals surface area contributed by atoms with Gasteiger partial charge in [-0.3, -0.25) is 4.79 Å². The van der Waals surface area contributed by atoms with E-state index in [-0.39, 0.29) is 19.1 Å². The van der Waals surface area contributed by atoms with Gasteiger partial charge in [-0.25, -0.2) is 0 Å². The van der Waals surface area contributed by atoms with Crippen LogP contribution in [0.15, 0.2) is 46.3 Å². The van der Waals surface area contributed by atoms with Gasteiger partial charge in [0.1, 0.15) is 0 Å². The second kappa shape index (κ2) is 7.51. The van der Waals surface area contributed by atoms with E-state index in [1.807, 2.05) is 47.2 Å². The second-order valence-corrected chi connectivity index (χ2v) is 7.77. The SMILES string of the molecule is C#CCn1c(=NC(=O)Cc2ccc(SC)cc2)sc2cc3c(cc21)OCO3. The first-order valence-electron chi connectivity index (χ1n) is 8.25. The normalized spacial score (nSPS) is 13.1. The van der Waals surface area contributed by atoms with Crippen LogP contribution >= 0.6 is 23.1 Å². The number of carbonyl (C=O) groups excluding carboxylic acids is 1. The van der Waals surface area contributed by atoms with Gasteiger partial charge in [0.15, 0.2) is 16.3 Å². The molecule has 0 radical (unpaired) electrons. The molecule has 2 aromatic carbocycles. The largest absolute Gasteiger partial charge is 0.454 e. The lowest BCUT2D eigenvalue weighted by Crippen LogP contribution is -2.17. The van der Waals surface area contributed by atoms with Gasteiger partial charge >= 0.3 is 0 Å². The summed E-state index contributed by atoms with van der Waals surface area (Å²) < 4.78 is 13.7. The van der Waals surface area contributed by atoms with Crippen LogP contribution in [0.5, 0.6) is 11.5 Å². The average Bonchev–Trinajstić information content (AvgIpc) is 3.25. The van der Waals surface area contributed by atoms with E-state index >= 15 is 0 Å². The van der Waals surface area contributed by atoms with Gasteiger partial charge < -0.3 is 14.0 Å². The van der Waals surface area contributed by atoms with Gasteiger partial charge in [-0.05, 0) is 24.0 Å². The zero-order valence-corrected chi connectivity index (χ0v) is 16.2. The Hall–Kier alpha value is -2.69. The molecule has 27 heavy (non-hydrogen) atoms. The molecule has 0 bridgehead atoms. The van der Waals surface area contributed by atoms with Crippen LogP contribution in [0.2, 0.25) is 0 Å². The number of terminal acetylenes is 1. The second-order valence-electron chi connectivity index (χ2n) is 5.88. The summed E-state index contributed by atoms with van der Waals surface area (Å²) in [5.41, 5.74) is 1.82. The zero-order valence-electron chi connectivity index (χ0n) is 14.6. The Morgan fingerprint density at radius 1 is 1.30 bits per heavy atom. The molecule has 0 N–H and O–H groups in total. The van der Waals surface area contributed by atoms with E-state index in [4.69, 9.17) is 15.9 Å². The van der Waals surface area contributed by atoms with Crippen molar-refractivity contribution in [1.29, 1.82) is 0 Å². The van der Waals surface area contributed by atoms with Gasteiger partial charge in [-0.15, -0.1) is 18.2 Å². The first-order valence-corrected chi connectivity index (χ1v) is 10.3. The van der Waals surface area contributed by atoms with Crippen LogP contribution in [-0.2, 0) is 17.8 Å². The third-order valence-corrected chi connectivity index (χ3v) is 5.95. The van der Waals surface area contributed by atoms with Crippen molar-refractivity contribution in [1.82, 2.24) is 4.57 Å². The number of fused-ring (bicyclic) bond motifs is 2. The number of benzene rings is 2. The van der Waals surface area contributed by atoms with Crippen molar-refractivity contribution in [3.63, 3.8) is 0 Å². The number of carbonyl (C=O) groups is 1. The average molecular weight is 396 g/mol. The van der Waals surface area contributed by atoms with Crippen molar-refractivity contribution < 1.29 is 14.3 Å². The van der Waals surface area contributed by atoms with Crippen molar-refractivity contribution in [2.45, 2.75) is 17.9 Å². The summed E-state index contributed by atoms with van der Waals surface area (Å²) in [5.74, 6) is 3.80. The molecule has 7 heteroatoms. The molecule has 0 unspecified atom stereocenters. The number of rotatable bonds is 4.